The Morgan fingerprint density at radius 2 is 2.05 bits per heavy atom. The smallest absolute Gasteiger partial charge is 0.250 e. The number of anilines is 1. The van der Waals surface area contributed by atoms with Crippen LogP contribution in [0.25, 0.3) is 21.5 Å². The molecule has 0 fully saturated rings. The number of nitrogens with one attached hydrogen (secondary N) is 1. The van der Waals surface area contributed by atoms with Crippen LogP contribution in [0.4, 0.5) is 5.13 Å². The lowest BCUT2D eigenvalue weighted by Gasteiger charge is -2.02. The molecule has 1 amide bonds. The highest BCUT2D eigenvalue weighted by molar-refractivity contribution is 7.21. The van der Waals surface area contributed by atoms with Crippen LogP contribution >= 0.6 is 11.3 Å². The van der Waals surface area contributed by atoms with E-state index in [-0.39, 0.29) is 0 Å². The molecule has 0 saturated carbocycles. The topological polar surface area (TPSA) is 93.8 Å². The summed E-state index contributed by atoms with van der Waals surface area (Å²) in [5, 5.41) is 3.81. The van der Waals surface area contributed by atoms with Gasteiger partial charge in [-0.25, -0.2) is 9.97 Å². The standard InChI is InChI=1S/C13H11N5OS/c1-15-13-18-10-3-8(6-17-12(10)20-13)7-2-9(11(14)19)5-16-4-7/h2-6H,1H3,(H2,14,19)(H,15,18). The Kier molecular flexibility index (Phi) is 3.03. The highest BCUT2D eigenvalue weighted by Crippen LogP contribution is 2.27. The van der Waals surface area contributed by atoms with E-state index in [0.29, 0.717) is 5.56 Å². The first-order chi connectivity index (χ1) is 9.67. The first-order valence-corrected chi connectivity index (χ1v) is 6.68. The maximum Gasteiger partial charge on any atom is 0.250 e. The van der Waals surface area contributed by atoms with Crippen LogP contribution in [0.2, 0.25) is 0 Å². The fourth-order valence-corrected chi connectivity index (χ4v) is 2.56. The maximum absolute atomic E-state index is 11.2. The predicted octanol–water partition coefficient (Wildman–Crippen LogP) is 1.89. The molecule has 20 heavy (non-hydrogen) atoms. The number of nitrogens with zero attached hydrogens (tertiary/aromatic N) is 3. The van der Waals surface area contributed by atoms with E-state index >= 15 is 0 Å². The number of carbonyl (C=O) groups excluding carboxylic acids is 1. The molecule has 7 heteroatoms. The van der Waals surface area contributed by atoms with Gasteiger partial charge in [0.1, 0.15) is 10.3 Å². The van der Waals surface area contributed by atoms with Crippen molar-refractivity contribution in [1.29, 1.82) is 0 Å². The summed E-state index contributed by atoms with van der Waals surface area (Å²) in [4.78, 5) is 24.9. The second-order valence-electron chi connectivity index (χ2n) is 4.14. The molecule has 0 bridgehead atoms. The Balaban J connectivity index is 2.09. The fourth-order valence-electron chi connectivity index (χ4n) is 1.82. The molecule has 100 valence electrons. The minimum atomic E-state index is -0.500. The SMILES string of the molecule is CNc1nc2cc(-c3cncc(C(N)=O)c3)cnc2s1. The van der Waals surface area contributed by atoms with Gasteiger partial charge in [-0.3, -0.25) is 9.78 Å². The summed E-state index contributed by atoms with van der Waals surface area (Å²) in [6, 6.07) is 3.62. The summed E-state index contributed by atoms with van der Waals surface area (Å²) in [7, 11) is 1.82. The predicted molar refractivity (Wildman–Crippen MR) is 78.7 cm³/mol. The molecule has 0 aliphatic carbocycles. The van der Waals surface area contributed by atoms with E-state index < -0.39 is 5.91 Å². The minimum absolute atomic E-state index is 0.372. The van der Waals surface area contributed by atoms with Crippen LogP contribution in [-0.4, -0.2) is 27.9 Å². The number of amides is 1. The van der Waals surface area contributed by atoms with Crippen molar-refractivity contribution in [2.75, 3.05) is 12.4 Å². The van der Waals surface area contributed by atoms with Crippen LogP contribution in [0.15, 0.2) is 30.7 Å². The van der Waals surface area contributed by atoms with E-state index in [1.807, 2.05) is 13.1 Å². The van der Waals surface area contributed by atoms with Gasteiger partial charge in [0.05, 0.1) is 5.56 Å². The third-order valence-corrected chi connectivity index (χ3v) is 3.81. The lowest BCUT2D eigenvalue weighted by atomic mass is 10.1. The summed E-state index contributed by atoms with van der Waals surface area (Å²) < 4.78 is 0. The van der Waals surface area contributed by atoms with E-state index in [0.717, 1.165) is 26.6 Å². The average Bonchev–Trinajstić information content (AvgIpc) is 2.89. The Morgan fingerprint density at radius 3 is 2.80 bits per heavy atom. The number of nitrogens with two attached hydrogens (primary N) is 1. The molecule has 3 aromatic heterocycles. The average molecular weight is 285 g/mol. The van der Waals surface area contributed by atoms with Crippen molar-refractivity contribution in [3.8, 4) is 11.1 Å². The van der Waals surface area contributed by atoms with E-state index in [9.17, 15) is 4.79 Å². The van der Waals surface area contributed by atoms with Gasteiger partial charge in [0, 0.05) is 36.8 Å². The number of carbonyl (C=O) groups is 1. The molecule has 0 spiro atoms. The third kappa shape index (κ3) is 2.19. The molecule has 0 unspecified atom stereocenters. The van der Waals surface area contributed by atoms with E-state index in [4.69, 9.17) is 5.73 Å². The Morgan fingerprint density at radius 1 is 1.25 bits per heavy atom. The number of aromatic nitrogens is 3. The number of pyridine rings is 2. The van der Waals surface area contributed by atoms with Crippen LogP contribution in [0.1, 0.15) is 10.4 Å². The molecule has 0 atom stereocenters. The Labute approximate surface area is 118 Å². The number of hydrogen-bond donors (Lipinski definition) is 2. The van der Waals surface area contributed by atoms with Gasteiger partial charge in [0.2, 0.25) is 5.91 Å². The van der Waals surface area contributed by atoms with Crippen LogP contribution < -0.4 is 11.1 Å². The molecule has 3 N–H and O–H groups in total. The van der Waals surface area contributed by atoms with E-state index in [2.05, 4.69) is 20.3 Å². The van der Waals surface area contributed by atoms with Gasteiger partial charge in [0.15, 0.2) is 5.13 Å². The molecule has 0 aliphatic heterocycles. The summed E-state index contributed by atoms with van der Waals surface area (Å²) in [6.45, 7) is 0. The van der Waals surface area contributed by atoms with E-state index in [1.54, 1.807) is 18.5 Å². The van der Waals surface area contributed by atoms with Crippen LogP contribution in [0.5, 0.6) is 0 Å². The van der Waals surface area contributed by atoms with Gasteiger partial charge < -0.3 is 11.1 Å². The number of primary amides is 1. The number of hydrogen-bond acceptors (Lipinski definition) is 6. The normalized spacial score (nSPS) is 10.7. The van der Waals surface area contributed by atoms with Crippen molar-refractivity contribution in [1.82, 2.24) is 15.0 Å². The van der Waals surface area contributed by atoms with Gasteiger partial charge in [-0.15, -0.1) is 0 Å². The van der Waals surface area contributed by atoms with Crippen molar-refractivity contribution in [2.24, 2.45) is 5.73 Å². The molecule has 0 saturated heterocycles. The molecule has 0 aromatic carbocycles. The van der Waals surface area contributed by atoms with Gasteiger partial charge in [-0.1, -0.05) is 11.3 Å². The molecule has 0 aliphatic rings. The van der Waals surface area contributed by atoms with Crippen LogP contribution in [0.3, 0.4) is 0 Å². The van der Waals surface area contributed by atoms with Gasteiger partial charge >= 0.3 is 0 Å². The molecule has 0 radical (unpaired) electrons. The highest BCUT2D eigenvalue weighted by Gasteiger charge is 2.08. The molecular weight excluding hydrogens is 274 g/mol. The first-order valence-electron chi connectivity index (χ1n) is 5.87. The van der Waals surface area contributed by atoms with Crippen molar-refractivity contribution in [3.05, 3.63) is 36.3 Å². The zero-order valence-electron chi connectivity index (χ0n) is 10.6. The maximum atomic E-state index is 11.2. The summed E-state index contributed by atoms with van der Waals surface area (Å²) in [5.41, 5.74) is 8.07. The van der Waals surface area contributed by atoms with Gasteiger partial charge in [-0.05, 0) is 12.1 Å². The third-order valence-electron chi connectivity index (χ3n) is 2.82. The Bertz CT molecular complexity index is 798. The number of fused-ring (bicyclic) bond motifs is 1. The molecular formula is C13H11N5OS. The Hall–Kier alpha value is -2.54. The lowest BCUT2D eigenvalue weighted by Crippen LogP contribution is -2.11. The zero-order chi connectivity index (χ0) is 14.1. The van der Waals surface area contributed by atoms with Crippen molar-refractivity contribution >= 4 is 32.7 Å². The summed E-state index contributed by atoms with van der Waals surface area (Å²) in [6.07, 6.45) is 4.85. The highest BCUT2D eigenvalue weighted by atomic mass is 32.1. The molecule has 6 nitrogen and oxygen atoms in total. The quantitative estimate of drug-likeness (QED) is 0.766. The summed E-state index contributed by atoms with van der Waals surface area (Å²) in [5.74, 6) is -0.500. The fraction of sp³-hybridized carbons (Fsp3) is 0.0769. The summed E-state index contributed by atoms with van der Waals surface area (Å²) >= 11 is 1.49. The van der Waals surface area contributed by atoms with Crippen molar-refractivity contribution in [3.63, 3.8) is 0 Å². The monoisotopic (exact) mass is 285 g/mol. The first kappa shape index (κ1) is 12.5. The molecule has 3 heterocycles. The van der Waals surface area contributed by atoms with Crippen molar-refractivity contribution in [2.45, 2.75) is 0 Å². The molecule has 3 rings (SSSR count). The van der Waals surface area contributed by atoms with Gasteiger partial charge in [0.25, 0.3) is 0 Å². The van der Waals surface area contributed by atoms with E-state index in [1.165, 1.54) is 17.5 Å². The largest absolute Gasteiger partial charge is 0.366 e. The molecule has 3 aromatic rings. The van der Waals surface area contributed by atoms with Crippen molar-refractivity contribution < 1.29 is 4.79 Å². The second-order valence-corrected chi connectivity index (χ2v) is 5.12. The van der Waals surface area contributed by atoms with Crippen LogP contribution in [0, 0.1) is 0 Å². The lowest BCUT2D eigenvalue weighted by molar-refractivity contribution is 0.1000. The number of rotatable bonds is 3. The van der Waals surface area contributed by atoms with Gasteiger partial charge in [-0.2, -0.15) is 0 Å². The zero-order valence-corrected chi connectivity index (χ0v) is 11.4. The number of thiazole rings is 1. The second kappa shape index (κ2) is 4.86. The van der Waals surface area contributed by atoms with Crippen LogP contribution in [-0.2, 0) is 0 Å². The minimum Gasteiger partial charge on any atom is -0.366 e.